The predicted octanol–water partition coefficient (Wildman–Crippen LogP) is 4.27. The van der Waals surface area contributed by atoms with Crippen molar-refractivity contribution in [1.82, 2.24) is 4.98 Å². The largest absolute Gasteiger partial charge is 0.250 e. The molecule has 1 aromatic heterocycles. The first-order valence-corrected chi connectivity index (χ1v) is 7.22. The van der Waals surface area contributed by atoms with E-state index < -0.39 is 0 Å². The van der Waals surface area contributed by atoms with Crippen LogP contribution in [0.2, 0.25) is 0 Å². The van der Waals surface area contributed by atoms with Crippen LogP contribution in [0, 0.1) is 0 Å². The molecule has 0 aliphatic heterocycles. The summed E-state index contributed by atoms with van der Waals surface area (Å²) < 4.78 is 0. The summed E-state index contributed by atoms with van der Waals surface area (Å²) in [6.45, 7) is 2.20. The Bertz CT molecular complexity index is 435. The molecule has 17 heavy (non-hydrogen) atoms. The van der Waals surface area contributed by atoms with Crippen molar-refractivity contribution in [3.8, 4) is 0 Å². The van der Waals surface area contributed by atoms with Gasteiger partial charge in [-0.3, -0.25) is 0 Å². The molecular formula is C14H16ClNS. The summed E-state index contributed by atoms with van der Waals surface area (Å²) in [5.74, 6) is 0.632. The lowest BCUT2D eigenvalue weighted by Gasteiger charge is -2.30. The zero-order valence-corrected chi connectivity index (χ0v) is 11.5. The van der Waals surface area contributed by atoms with Gasteiger partial charge < -0.3 is 0 Å². The number of hydrogen-bond acceptors (Lipinski definition) is 2. The second kappa shape index (κ2) is 5.65. The van der Waals surface area contributed by atoms with Gasteiger partial charge in [-0.25, -0.2) is 4.98 Å². The van der Waals surface area contributed by atoms with Crippen LogP contribution in [0.5, 0.6) is 0 Å². The van der Waals surface area contributed by atoms with Crippen molar-refractivity contribution < 1.29 is 0 Å². The van der Waals surface area contributed by atoms with Gasteiger partial charge >= 0.3 is 0 Å². The monoisotopic (exact) mass is 265 g/mol. The molecule has 0 amide bonds. The van der Waals surface area contributed by atoms with Crippen LogP contribution in [-0.4, -0.2) is 10.9 Å². The van der Waals surface area contributed by atoms with Crippen LogP contribution in [0.25, 0.3) is 0 Å². The maximum atomic E-state index is 6.25. The molecule has 1 aromatic carbocycles. The van der Waals surface area contributed by atoms with Crippen molar-refractivity contribution >= 4 is 22.9 Å². The molecule has 0 saturated carbocycles. The molecule has 2 aromatic rings. The van der Waals surface area contributed by atoms with Crippen molar-refractivity contribution in [2.45, 2.75) is 25.2 Å². The van der Waals surface area contributed by atoms with Gasteiger partial charge in [0.15, 0.2) is 0 Å². The molecule has 0 spiro atoms. The Morgan fingerprint density at radius 1 is 1.29 bits per heavy atom. The number of hydrogen-bond donors (Lipinski definition) is 0. The average molecular weight is 266 g/mol. The summed E-state index contributed by atoms with van der Waals surface area (Å²) in [7, 11) is 0. The van der Waals surface area contributed by atoms with E-state index in [4.69, 9.17) is 11.6 Å². The molecule has 1 unspecified atom stereocenters. The molecule has 0 aliphatic rings. The maximum Gasteiger partial charge on any atom is 0.0934 e. The van der Waals surface area contributed by atoms with Gasteiger partial charge in [-0.15, -0.1) is 22.9 Å². The Kier molecular flexibility index (Phi) is 4.19. The average Bonchev–Trinajstić information content (AvgIpc) is 2.90. The van der Waals surface area contributed by atoms with Gasteiger partial charge in [0.05, 0.1) is 5.01 Å². The van der Waals surface area contributed by atoms with E-state index in [-0.39, 0.29) is 5.41 Å². The fraction of sp³-hybridized carbons (Fsp3) is 0.357. The SMILES string of the molecule is CCC(CCl)(Cc1nccs1)c1ccccc1. The molecule has 0 radical (unpaired) electrons. The van der Waals surface area contributed by atoms with Crippen molar-refractivity contribution in [2.75, 3.05) is 5.88 Å². The van der Waals surface area contributed by atoms with Crippen LogP contribution in [0.1, 0.15) is 23.9 Å². The number of halogens is 1. The van der Waals surface area contributed by atoms with Gasteiger partial charge in [-0.05, 0) is 12.0 Å². The van der Waals surface area contributed by atoms with Gasteiger partial charge in [0.2, 0.25) is 0 Å². The van der Waals surface area contributed by atoms with E-state index in [9.17, 15) is 0 Å². The van der Waals surface area contributed by atoms with E-state index in [0.717, 1.165) is 17.8 Å². The lowest BCUT2D eigenvalue weighted by molar-refractivity contribution is 0.457. The molecule has 2 rings (SSSR count). The van der Waals surface area contributed by atoms with Crippen molar-refractivity contribution in [3.63, 3.8) is 0 Å². The van der Waals surface area contributed by atoms with Crippen LogP contribution in [0.3, 0.4) is 0 Å². The summed E-state index contributed by atoms with van der Waals surface area (Å²) in [4.78, 5) is 4.38. The molecule has 3 heteroatoms. The van der Waals surface area contributed by atoms with E-state index in [0.29, 0.717) is 5.88 Å². The molecule has 0 bridgehead atoms. The van der Waals surface area contributed by atoms with E-state index in [2.05, 4.69) is 36.2 Å². The highest BCUT2D eigenvalue weighted by molar-refractivity contribution is 7.09. The molecular weight excluding hydrogens is 250 g/mol. The number of alkyl halides is 1. The predicted molar refractivity (Wildman–Crippen MR) is 74.9 cm³/mol. The molecule has 1 heterocycles. The van der Waals surface area contributed by atoms with Crippen LogP contribution in [0.4, 0.5) is 0 Å². The molecule has 0 N–H and O–H groups in total. The van der Waals surface area contributed by atoms with Crippen LogP contribution < -0.4 is 0 Å². The maximum absolute atomic E-state index is 6.25. The standard InChI is InChI=1S/C14H16ClNS/c1-2-14(11-15,10-13-16-8-9-17-13)12-6-4-3-5-7-12/h3-9H,2,10-11H2,1H3. The summed E-state index contributed by atoms with van der Waals surface area (Å²) >= 11 is 7.96. The van der Waals surface area contributed by atoms with Gasteiger partial charge in [0.1, 0.15) is 0 Å². The second-order valence-corrected chi connectivity index (χ2v) is 5.48. The Balaban J connectivity index is 2.32. The third-order valence-corrected chi connectivity index (χ3v) is 4.58. The Morgan fingerprint density at radius 2 is 2.06 bits per heavy atom. The summed E-state index contributed by atoms with van der Waals surface area (Å²) in [6, 6.07) is 10.5. The number of benzene rings is 1. The minimum atomic E-state index is 0.0146. The van der Waals surface area contributed by atoms with E-state index in [1.165, 1.54) is 5.56 Å². The highest BCUT2D eigenvalue weighted by Gasteiger charge is 2.30. The van der Waals surface area contributed by atoms with E-state index in [1.807, 2.05) is 17.6 Å². The number of nitrogens with zero attached hydrogens (tertiary/aromatic N) is 1. The van der Waals surface area contributed by atoms with Gasteiger partial charge in [-0.2, -0.15) is 0 Å². The molecule has 90 valence electrons. The first-order chi connectivity index (χ1) is 8.30. The number of aromatic nitrogens is 1. The topological polar surface area (TPSA) is 12.9 Å². The van der Waals surface area contributed by atoms with Crippen LogP contribution in [-0.2, 0) is 11.8 Å². The van der Waals surface area contributed by atoms with E-state index >= 15 is 0 Å². The minimum Gasteiger partial charge on any atom is -0.250 e. The first kappa shape index (κ1) is 12.6. The molecule has 0 fully saturated rings. The van der Waals surface area contributed by atoms with Crippen molar-refractivity contribution in [3.05, 3.63) is 52.5 Å². The van der Waals surface area contributed by atoms with Crippen molar-refractivity contribution in [1.29, 1.82) is 0 Å². The number of thiazole rings is 1. The third kappa shape index (κ3) is 2.70. The van der Waals surface area contributed by atoms with Gasteiger partial charge in [-0.1, -0.05) is 37.3 Å². The minimum absolute atomic E-state index is 0.0146. The summed E-state index contributed by atoms with van der Waals surface area (Å²) in [5.41, 5.74) is 1.33. The van der Waals surface area contributed by atoms with Gasteiger partial charge in [0, 0.05) is 29.3 Å². The van der Waals surface area contributed by atoms with Crippen LogP contribution in [0.15, 0.2) is 41.9 Å². The Morgan fingerprint density at radius 3 is 2.59 bits per heavy atom. The summed E-state index contributed by atoms with van der Waals surface area (Å²) in [6.07, 6.45) is 3.81. The fourth-order valence-corrected chi connectivity index (χ4v) is 3.27. The quantitative estimate of drug-likeness (QED) is 0.736. The lowest BCUT2D eigenvalue weighted by Crippen LogP contribution is -2.30. The third-order valence-electron chi connectivity index (χ3n) is 3.29. The Hall–Kier alpha value is -0.860. The molecule has 1 nitrogen and oxygen atoms in total. The van der Waals surface area contributed by atoms with Crippen molar-refractivity contribution in [2.24, 2.45) is 0 Å². The van der Waals surface area contributed by atoms with Crippen LogP contribution >= 0.6 is 22.9 Å². The molecule has 0 aliphatic carbocycles. The highest BCUT2D eigenvalue weighted by atomic mass is 35.5. The summed E-state index contributed by atoms with van der Waals surface area (Å²) in [5, 5.41) is 3.19. The van der Waals surface area contributed by atoms with E-state index in [1.54, 1.807) is 11.3 Å². The Labute approximate surface area is 111 Å². The second-order valence-electron chi connectivity index (χ2n) is 4.24. The normalized spacial score (nSPS) is 14.5. The lowest BCUT2D eigenvalue weighted by atomic mass is 9.77. The molecule has 1 atom stereocenters. The molecule has 0 saturated heterocycles. The fourth-order valence-electron chi connectivity index (χ4n) is 2.07. The first-order valence-electron chi connectivity index (χ1n) is 5.80. The smallest absolute Gasteiger partial charge is 0.0934 e. The zero-order chi connectivity index (χ0) is 12.1. The highest BCUT2D eigenvalue weighted by Crippen LogP contribution is 2.33. The zero-order valence-electron chi connectivity index (χ0n) is 9.90. The van der Waals surface area contributed by atoms with Gasteiger partial charge in [0.25, 0.3) is 0 Å². The number of rotatable bonds is 5.